The predicted molar refractivity (Wildman–Crippen MR) is 83.4 cm³/mol. The lowest BCUT2D eigenvalue weighted by Crippen LogP contribution is -2.42. The number of aliphatic hydroxyl groups is 1. The van der Waals surface area contributed by atoms with E-state index in [1.807, 2.05) is 44.2 Å². The monoisotopic (exact) mass is 302 g/mol. The van der Waals surface area contributed by atoms with Crippen molar-refractivity contribution >= 4 is 5.91 Å². The summed E-state index contributed by atoms with van der Waals surface area (Å²) in [6, 6.07) is 9.84. The van der Waals surface area contributed by atoms with Crippen LogP contribution in [0.25, 0.3) is 0 Å². The van der Waals surface area contributed by atoms with Crippen molar-refractivity contribution in [1.82, 2.24) is 20.3 Å². The first-order valence-corrected chi connectivity index (χ1v) is 7.51. The summed E-state index contributed by atoms with van der Waals surface area (Å²) in [6.45, 7) is 4.57. The molecule has 1 amide bonds. The van der Waals surface area contributed by atoms with Crippen LogP contribution in [0.5, 0.6) is 0 Å². The molecular weight excluding hydrogens is 280 g/mol. The average Bonchev–Trinajstić information content (AvgIpc) is 3.02. The minimum absolute atomic E-state index is 0.213. The molecule has 0 aliphatic carbocycles. The molecule has 1 aromatic carbocycles. The molecule has 6 heteroatoms. The highest BCUT2D eigenvalue weighted by Crippen LogP contribution is 2.13. The molecular formula is C16H22N4O2. The topological polar surface area (TPSA) is 80.0 Å². The molecule has 0 bridgehead atoms. The number of nitrogens with one attached hydrogen (secondary N) is 1. The number of rotatable bonds is 7. The highest BCUT2D eigenvalue weighted by Gasteiger charge is 2.23. The standard InChI is InChI=1S/C16H22N4O2/c1-3-16(22,4-2)12-17-15(21)14-11-20(19-18-14)10-13-8-6-5-7-9-13/h5-9,11,22H,3-4,10,12H2,1-2H3,(H,17,21). The Hall–Kier alpha value is -2.21. The maximum absolute atomic E-state index is 12.1. The second-order valence-electron chi connectivity index (χ2n) is 5.40. The molecule has 6 nitrogen and oxygen atoms in total. The van der Waals surface area contributed by atoms with Gasteiger partial charge in [-0.3, -0.25) is 4.79 Å². The van der Waals surface area contributed by atoms with Crippen LogP contribution < -0.4 is 5.32 Å². The molecule has 0 aliphatic rings. The van der Waals surface area contributed by atoms with E-state index >= 15 is 0 Å². The number of hydrogen-bond acceptors (Lipinski definition) is 4. The molecule has 2 aromatic rings. The summed E-state index contributed by atoms with van der Waals surface area (Å²) in [6.07, 6.45) is 2.79. The van der Waals surface area contributed by atoms with Crippen LogP contribution in [-0.2, 0) is 6.54 Å². The molecule has 2 rings (SSSR count). The maximum Gasteiger partial charge on any atom is 0.273 e. The maximum atomic E-state index is 12.1. The van der Waals surface area contributed by atoms with E-state index in [1.165, 1.54) is 0 Å². The van der Waals surface area contributed by atoms with Crippen molar-refractivity contribution in [2.24, 2.45) is 0 Å². The Morgan fingerprint density at radius 3 is 2.59 bits per heavy atom. The third-order valence-corrected chi connectivity index (χ3v) is 3.85. The third-order valence-electron chi connectivity index (χ3n) is 3.85. The summed E-state index contributed by atoms with van der Waals surface area (Å²) in [5, 5.41) is 20.7. The van der Waals surface area contributed by atoms with Crippen LogP contribution >= 0.6 is 0 Å². The Bertz CT molecular complexity index is 606. The number of hydrogen-bond donors (Lipinski definition) is 2. The van der Waals surface area contributed by atoms with Crippen molar-refractivity contribution in [3.63, 3.8) is 0 Å². The molecule has 0 radical (unpaired) electrons. The number of nitrogens with zero attached hydrogens (tertiary/aromatic N) is 3. The van der Waals surface area contributed by atoms with Crippen LogP contribution in [0.4, 0.5) is 0 Å². The van der Waals surface area contributed by atoms with E-state index < -0.39 is 5.60 Å². The van der Waals surface area contributed by atoms with E-state index in [0.29, 0.717) is 19.4 Å². The molecule has 0 saturated carbocycles. The lowest BCUT2D eigenvalue weighted by molar-refractivity contribution is 0.0313. The van der Waals surface area contributed by atoms with Gasteiger partial charge in [-0.05, 0) is 18.4 Å². The van der Waals surface area contributed by atoms with E-state index in [9.17, 15) is 9.90 Å². The molecule has 118 valence electrons. The zero-order chi connectivity index (χ0) is 16.0. The highest BCUT2D eigenvalue weighted by molar-refractivity contribution is 5.91. The minimum atomic E-state index is -0.865. The number of benzene rings is 1. The van der Waals surface area contributed by atoms with Gasteiger partial charge in [0.1, 0.15) is 0 Å². The highest BCUT2D eigenvalue weighted by atomic mass is 16.3. The van der Waals surface area contributed by atoms with Crippen LogP contribution in [0.2, 0.25) is 0 Å². The Balaban J connectivity index is 1.95. The molecule has 2 N–H and O–H groups in total. The quantitative estimate of drug-likeness (QED) is 0.814. The second kappa shape index (κ2) is 7.17. The van der Waals surface area contributed by atoms with Crippen LogP contribution in [0.15, 0.2) is 36.5 Å². The second-order valence-corrected chi connectivity index (χ2v) is 5.40. The largest absolute Gasteiger partial charge is 0.388 e. The zero-order valence-electron chi connectivity index (χ0n) is 13.0. The fraction of sp³-hybridized carbons (Fsp3) is 0.438. The fourth-order valence-corrected chi connectivity index (χ4v) is 2.09. The number of carbonyl (C=O) groups excluding carboxylic acids is 1. The predicted octanol–water partition coefficient (Wildman–Crippen LogP) is 1.61. The molecule has 0 fully saturated rings. The summed E-state index contributed by atoms with van der Waals surface area (Å²) >= 11 is 0. The lowest BCUT2D eigenvalue weighted by Gasteiger charge is -2.24. The summed E-state index contributed by atoms with van der Waals surface area (Å²) in [4.78, 5) is 12.1. The fourth-order valence-electron chi connectivity index (χ4n) is 2.09. The van der Waals surface area contributed by atoms with E-state index in [2.05, 4.69) is 15.6 Å². The van der Waals surface area contributed by atoms with Gasteiger partial charge in [-0.1, -0.05) is 49.4 Å². The van der Waals surface area contributed by atoms with E-state index in [-0.39, 0.29) is 18.1 Å². The smallest absolute Gasteiger partial charge is 0.273 e. The SMILES string of the molecule is CCC(O)(CC)CNC(=O)c1cn(Cc2ccccc2)nn1. The molecule has 0 saturated heterocycles. The van der Waals surface area contributed by atoms with Crippen LogP contribution in [0, 0.1) is 0 Å². The molecule has 0 unspecified atom stereocenters. The molecule has 0 aliphatic heterocycles. The number of aromatic nitrogens is 3. The van der Waals surface area contributed by atoms with Gasteiger partial charge in [-0.15, -0.1) is 5.10 Å². The minimum Gasteiger partial charge on any atom is -0.388 e. The first-order valence-electron chi connectivity index (χ1n) is 7.51. The molecule has 1 aromatic heterocycles. The van der Waals surface area contributed by atoms with Crippen molar-refractivity contribution < 1.29 is 9.90 Å². The summed E-state index contributed by atoms with van der Waals surface area (Å²) in [7, 11) is 0. The van der Waals surface area contributed by atoms with Gasteiger partial charge < -0.3 is 10.4 Å². The van der Waals surface area contributed by atoms with E-state index in [4.69, 9.17) is 0 Å². The van der Waals surface area contributed by atoms with Crippen molar-refractivity contribution in [1.29, 1.82) is 0 Å². The Morgan fingerprint density at radius 2 is 1.95 bits per heavy atom. The first kappa shape index (κ1) is 16.2. The molecule has 0 atom stereocenters. The number of carbonyl (C=O) groups is 1. The van der Waals surface area contributed by atoms with Gasteiger partial charge in [0.15, 0.2) is 5.69 Å². The van der Waals surface area contributed by atoms with Gasteiger partial charge in [-0.2, -0.15) is 0 Å². The van der Waals surface area contributed by atoms with Crippen LogP contribution in [0.3, 0.4) is 0 Å². The van der Waals surface area contributed by atoms with Gasteiger partial charge in [0.2, 0.25) is 0 Å². The zero-order valence-corrected chi connectivity index (χ0v) is 13.0. The molecule has 22 heavy (non-hydrogen) atoms. The molecule has 1 heterocycles. The van der Waals surface area contributed by atoms with E-state index in [1.54, 1.807) is 10.9 Å². The van der Waals surface area contributed by atoms with E-state index in [0.717, 1.165) is 5.56 Å². The van der Waals surface area contributed by atoms with Crippen molar-refractivity contribution in [2.45, 2.75) is 38.8 Å². The summed E-state index contributed by atoms with van der Waals surface area (Å²) in [5.74, 6) is -0.320. The average molecular weight is 302 g/mol. The van der Waals surface area contributed by atoms with Crippen LogP contribution in [-0.4, -0.2) is 38.2 Å². The Labute approximate surface area is 130 Å². The van der Waals surface area contributed by atoms with Crippen molar-refractivity contribution in [2.75, 3.05) is 6.54 Å². The summed E-state index contributed by atoms with van der Waals surface area (Å²) < 4.78 is 1.62. The normalized spacial score (nSPS) is 11.4. The lowest BCUT2D eigenvalue weighted by atomic mass is 9.97. The Kier molecular flexibility index (Phi) is 5.27. The van der Waals surface area contributed by atoms with Gasteiger partial charge in [0, 0.05) is 6.54 Å². The Morgan fingerprint density at radius 1 is 1.27 bits per heavy atom. The summed E-state index contributed by atoms with van der Waals surface area (Å²) in [5.41, 5.74) is 0.478. The van der Waals surface area contributed by atoms with Gasteiger partial charge in [0.05, 0.1) is 18.3 Å². The van der Waals surface area contributed by atoms with Gasteiger partial charge >= 0.3 is 0 Å². The van der Waals surface area contributed by atoms with Gasteiger partial charge in [-0.25, -0.2) is 4.68 Å². The van der Waals surface area contributed by atoms with Crippen molar-refractivity contribution in [3.8, 4) is 0 Å². The van der Waals surface area contributed by atoms with Crippen LogP contribution in [0.1, 0.15) is 42.7 Å². The third kappa shape index (κ3) is 4.14. The van der Waals surface area contributed by atoms with Crippen molar-refractivity contribution in [3.05, 3.63) is 47.8 Å². The first-order chi connectivity index (χ1) is 10.6. The van der Waals surface area contributed by atoms with Gasteiger partial charge in [0.25, 0.3) is 5.91 Å². The number of amides is 1. The molecule has 0 spiro atoms.